The highest BCUT2D eigenvalue weighted by Gasteiger charge is 2.42. The first-order valence-corrected chi connectivity index (χ1v) is 11.0. The standard InChI is InChI=1S/C25H26N2O6/c1-32-20-11-7-17(8-12-20)22(28)16-33-25(31)18-5-9-19(10-6-18)27-23(29)15-21(24(27)30)26-13-3-2-4-14-26/h5-12,21H,2-4,13-16H2,1H3. The van der Waals surface area contributed by atoms with Crippen LogP contribution in [0.5, 0.6) is 5.75 Å². The van der Waals surface area contributed by atoms with Gasteiger partial charge in [-0.3, -0.25) is 19.3 Å². The summed E-state index contributed by atoms with van der Waals surface area (Å²) in [4.78, 5) is 53.3. The van der Waals surface area contributed by atoms with E-state index in [9.17, 15) is 19.2 Å². The quantitative estimate of drug-likeness (QED) is 0.364. The minimum atomic E-state index is -0.659. The van der Waals surface area contributed by atoms with Gasteiger partial charge in [-0.25, -0.2) is 9.69 Å². The van der Waals surface area contributed by atoms with Gasteiger partial charge in [-0.05, 0) is 74.5 Å². The molecule has 0 aromatic heterocycles. The average molecular weight is 450 g/mol. The third-order valence-corrected chi connectivity index (χ3v) is 6.06. The first-order valence-electron chi connectivity index (χ1n) is 11.0. The molecule has 8 heteroatoms. The number of anilines is 1. The minimum absolute atomic E-state index is 0.177. The second-order valence-corrected chi connectivity index (χ2v) is 8.16. The van der Waals surface area contributed by atoms with Crippen molar-refractivity contribution in [3.8, 4) is 5.75 Å². The molecule has 0 spiro atoms. The average Bonchev–Trinajstić information content (AvgIpc) is 3.16. The zero-order valence-corrected chi connectivity index (χ0v) is 18.5. The number of rotatable bonds is 7. The van der Waals surface area contributed by atoms with Crippen LogP contribution in [0.1, 0.15) is 46.4 Å². The number of methoxy groups -OCH3 is 1. The summed E-state index contributed by atoms with van der Waals surface area (Å²) < 4.78 is 10.2. The molecule has 2 aromatic carbocycles. The highest BCUT2D eigenvalue weighted by molar-refractivity contribution is 6.22. The fourth-order valence-electron chi connectivity index (χ4n) is 4.22. The summed E-state index contributed by atoms with van der Waals surface area (Å²) in [7, 11) is 1.53. The van der Waals surface area contributed by atoms with Crippen molar-refractivity contribution in [3.63, 3.8) is 0 Å². The van der Waals surface area contributed by atoms with E-state index in [1.54, 1.807) is 36.4 Å². The Morgan fingerprint density at radius 1 is 0.909 bits per heavy atom. The normalized spacial score (nSPS) is 18.9. The molecular formula is C25H26N2O6. The van der Waals surface area contributed by atoms with Crippen LogP contribution in [0, 0.1) is 0 Å². The van der Waals surface area contributed by atoms with Crippen LogP contribution in [0.15, 0.2) is 48.5 Å². The van der Waals surface area contributed by atoms with Gasteiger partial charge in [0.05, 0.1) is 30.8 Å². The zero-order chi connectivity index (χ0) is 23.4. The number of hydrogen-bond acceptors (Lipinski definition) is 7. The van der Waals surface area contributed by atoms with Gasteiger partial charge in [0.1, 0.15) is 5.75 Å². The van der Waals surface area contributed by atoms with Crippen molar-refractivity contribution in [2.45, 2.75) is 31.7 Å². The van der Waals surface area contributed by atoms with Crippen LogP contribution in [0.25, 0.3) is 0 Å². The van der Waals surface area contributed by atoms with Gasteiger partial charge in [0, 0.05) is 5.56 Å². The number of amides is 2. The second kappa shape index (κ2) is 9.95. The lowest BCUT2D eigenvalue weighted by Crippen LogP contribution is -2.44. The van der Waals surface area contributed by atoms with Crippen LogP contribution < -0.4 is 9.64 Å². The third-order valence-electron chi connectivity index (χ3n) is 6.06. The Morgan fingerprint density at radius 2 is 1.55 bits per heavy atom. The molecule has 2 heterocycles. The third kappa shape index (κ3) is 4.96. The van der Waals surface area contributed by atoms with Crippen LogP contribution >= 0.6 is 0 Å². The van der Waals surface area contributed by atoms with Crippen molar-refractivity contribution >= 4 is 29.3 Å². The molecule has 1 unspecified atom stereocenters. The largest absolute Gasteiger partial charge is 0.497 e. The number of nitrogens with zero attached hydrogens (tertiary/aromatic N) is 2. The van der Waals surface area contributed by atoms with Gasteiger partial charge in [0.25, 0.3) is 5.91 Å². The molecule has 2 aliphatic heterocycles. The van der Waals surface area contributed by atoms with Crippen molar-refractivity contribution in [3.05, 3.63) is 59.7 Å². The number of ketones is 1. The molecule has 0 radical (unpaired) electrons. The van der Waals surface area contributed by atoms with Crippen LogP contribution in [-0.4, -0.2) is 61.3 Å². The predicted octanol–water partition coefficient (Wildman–Crippen LogP) is 2.85. The Balaban J connectivity index is 1.36. The monoisotopic (exact) mass is 450 g/mol. The van der Waals surface area contributed by atoms with Gasteiger partial charge in [0.2, 0.25) is 5.91 Å². The molecule has 172 valence electrons. The fraction of sp³-hybridized carbons (Fsp3) is 0.360. The molecule has 2 saturated heterocycles. The summed E-state index contributed by atoms with van der Waals surface area (Å²) in [5.74, 6) is -0.826. The SMILES string of the molecule is COc1ccc(C(=O)COC(=O)c2ccc(N3C(=O)CC(N4CCCCC4)C3=O)cc2)cc1. The fourth-order valence-corrected chi connectivity index (χ4v) is 4.22. The van der Waals surface area contributed by atoms with E-state index >= 15 is 0 Å². The molecule has 33 heavy (non-hydrogen) atoms. The van der Waals surface area contributed by atoms with Gasteiger partial charge >= 0.3 is 5.97 Å². The maximum Gasteiger partial charge on any atom is 0.338 e. The van der Waals surface area contributed by atoms with Gasteiger partial charge in [-0.2, -0.15) is 0 Å². The van der Waals surface area contributed by atoms with Crippen LogP contribution in [-0.2, 0) is 14.3 Å². The molecule has 0 saturated carbocycles. The molecule has 2 fully saturated rings. The van der Waals surface area contributed by atoms with E-state index in [0.29, 0.717) is 17.0 Å². The van der Waals surface area contributed by atoms with E-state index in [4.69, 9.17) is 9.47 Å². The molecule has 8 nitrogen and oxygen atoms in total. The van der Waals surface area contributed by atoms with Gasteiger partial charge in [-0.1, -0.05) is 6.42 Å². The number of carbonyl (C=O) groups is 4. The van der Waals surface area contributed by atoms with E-state index < -0.39 is 18.6 Å². The molecule has 2 amide bonds. The minimum Gasteiger partial charge on any atom is -0.497 e. The van der Waals surface area contributed by atoms with Crippen molar-refractivity contribution in [1.29, 1.82) is 0 Å². The van der Waals surface area contributed by atoms with Crippen molar-refractivity contribution in [1.82, 2.24) is 4.90 Å². The summed E-state index contributed by atoms with van der Waals surface area (Å²) in [6.45, 7) is 1.27. The number of ether oxygens (including phenoxy) is 2. The van der Waals surface area contributed by atoms with Gasteiger partial charge in [0.15, 0.2) is 12.4 Å². The highest BCUT2D eigenvalue weighted by atomic mass is 16.5. The van der Waals surface area contributed by atoms with E-state index in [1.165, 1.54) is 24.1 Å². The lowest BCUT2D eigenvalue weighted by atomic mass is 10.1. The van der Waals surface area contributed by atoms with E-state index in [2.05, 4.69) is 4.90 Å². The molecule has 2 aromatic rings. The molecule has 2 aliphatic rings. The maximum absolute atomic E-state index is 12.9. The van der Waals surface area contributed by atoms with E-state index in [-0.39, 0.29) is 29.6 Å². The predicted molar refractivity (Wildman–Crippen MR) is 120 cm³/mol. The van der Waals surface area contributed by atoms with Crippen molar-refractivity contribution in [2.75, 3.05) is 31.7 Å². The van der Waals surface area contributed by atoms with Crippen molar-refractivity contribution < 1.29 is 28.7 Å². The number of benzene rings is 2. The summed E-state index contributed by atoms with van der Waals surface area (Å²) in [6.07, 6.45) is 3.40. The number of Topliss-reactive ketones (excluding diaryl/α,β-unsaturated/α-hetero) is 1. The molecule has 0 aliphatic carbocycles. The molecule has 4 rings (SSSR count). The van der Waals surface area contributed by atoms with E-state index in [0.717, 1.165) is 32.4 Å². The lowest BCUT2D eigenvalue weighted by Gasteiger charge is -2.30. The number of carbonyl (C=O) groups excluding carboxylic acids is 4. The van der Waals surface area contributed by atoms with Crippen LogP contribution in [0.3, 0.4) is 0 Å². The Hall–Kier alpha value is -3.52. The molecule has 0 bridgehead atoms. The Bertz CT molecular complexity index is 1040. The van der Waals surface area contributed by atoms with Gasteiger partial charge in [-0.15, -0.1) is 0 Å². The smallest absolute Gasteiger partial charge is 0.338 e. The molecule has 0 N–H and O–H groups in total. The number of esters is 1. The van der Waals surface area contributed by atoms with Gasteiger partial charge < -0.3 is 9.47 Å². The van der Waals surface area contributed by atoms with Crippen molar-refractivity contribution in [2.24, 2.45) is 0 Å². The van der Waals surface area contributed by atoms with E-state index in [1.807, 2.05) is 0 Å². The topological polar surface area (TPSA) is 93.2 Å². The Labute approximate surface area is 192 Å². The summed E-state index contributed by atoms with van der Waals surface area (Å²) in [5.41, 5.74) is 1.07. The van der Waals surface area contributed by atoms with Crippen LogP contribution in [0.4, 0.5) is 5.69 Å². The number of imide groups is 1. The Kier molecular flexibility index (Phi) is 6.84. The first kappa shape index (κ1) is 22.7. The highest BCUT2D eigenvalue weighted by Crippen LogP contribution is 2.27. The summed E-state index contributed by atoms with van der Waals surface area (Å²) in [5, 5.41) is 0. The molecule has 1 atom stereocenters. The Morgan fingerprint density at radius 3 is 2.18 bits per heavy atom. The molecular weight excluding hydrogens is 424 g/mol. The number of hydrogen-bond donors (Lipinski definition) is 0. The first-order chi connectivity index (χ1) is 16.0. The summed E-state index contributed by atoms with van der Waals surface area (Å²) in [6, 6.07) is 12.2. The zero-order valence-electron chi connectivity index (χ0n) is 18.5. The summed E-state index contributed by atoms with van der Waals surface area (Å²) >= 11 is 0. The lowest BCUT2D eigenvalue weighted by molar-refractivity contribution is -0.123. The maximum atomic E-state index is 12.9. The number of piperidine rings is 1. The second-order valence-electron chi connectivity index (χ2n) is 8.16. The number of likely N-dealkylation sites (tertiary alicyclic amines) is 1. The van der Waals surface area contributed by atoms with Crippen LogP contribution in [0.2, 0.25) is 0 Å².